The van der Waals surface area contributed by atoms with E-state index in [1.807, 2.05) is 30.3 Å². The summed E-state index contributed by atoms with van der Waals surface area (Å²) in [5.74, 6) is 0. The van der Waals surface area contributed by atoms with Gasteiger partial charge in [-0.15, -0.1) is 0 Å². The number of halogens is 1. The Kier molecular flexibility index (Phi) is 1.88. The molecular formula is C12H8INO. The van der Waals surface area contributed by atoms with E-state index in [1.165, 1.54) is 0 Å². The third-order valence-corrected chi connectivity index (χ3v) is 3.63. The van der Waals surface area contributed by atoms with Crippen LogP contribution in [0.2, 0.25) is 0 Å². The molecule has 0 saturated carbocycles. The number of nitrogens with two attached hydrogens (primary N) is 1. The monoisotopic (exact) mass is 309 g/mol. The molecule has 0 saturated heterocycles. The van der Waals surface area contributed by atoms with E-state index in [4.69, 9.17) is 10.2 Å². The Morgan fingerprint density at radius 2 is 1.80 bits per heavy atom. The Hall–Kier alpha value is -1.23. The first-order valence-electron chi connectivity index (χ1n) is 4.62. The molecule has 3 aromatic rings. The van der Waals surface area contributed by atoms with Crippen molar-refractivity contribution in [2.45, 2.75) is 0 Å². The molecule has 3 heteroatoms. The van der Waals surface area contributed by atoms with Crippen LogP contribution in [0.1, 0.15) is 0 Å². The van der Waals surface area contributed by atoms with Crippen molar-refractivity contribution in [1.29, 1.82) is 0 Å². The third kappa shape index (κ3) is 1.23. The second kappa shape index (κ2) is 3.13. The molecule has 2 nitrogen and oxygen atoms in total. The maximum atomic E-state index is 5.84. The van der Waals surface area contributed by atoms with Crippen LogP contribution < -0.4 is 5.73 Å². The number of furan rings is 1. The zero-order chi connectivity index (χ0) is 10.4. The van der Waals surface area contributed by atoms with Gasteiger partial charge in [-0.3, -0.25) is 0 Å². The predicted molar refractivity (Wildman–Crippen MR) is 70.8 cm³/mol. The van der Waals surface area contributed by atoms with Crippen LogP contribution in [0, 0.1) is 3.57 Å². The Labute approximate surface area is 100 Å². The Morgan fingerprint density at radius 3 is 2.67 bits per heavy atom. The molecule has 2 N–H and O–H groups in total. The van der Waals surface area contributed by atoms with Crippen LogP contribution in [0.5, 0.6) is 0 Å². The highest BCUT2D eigenvalue weighted by atomic mass is 127. The molecule has 2 aromatic carbocycles. The Bertz CT molecular complexity index is 657. The fourth-order valence-corrected chi connectivity index (χ4v) is 2.35. The largest absolute Gasteiger partial charge is 0.455 e. The standard InChI is InChI=1S/C12H8INO/c13-11-9(14)6-5-8-7-3-1-2-4-10(7)15-12(8)11/h1-6H,14H2. The van der Waals surface area contributed by atoms with Gasteiger partial charge in [0.25, 0.3) is 0 Å². The summed E-state index contributed by atoms with van der Waals surface area (Å²) in [5, 5.41) is 2.27. The summed E-state index contributed by atoms with van der Waals surface area (Å²) in [6.07, 6.45) is 0. The highest BCUT2D eigenvalue weighted by Crippen LogP contribution is 2.33. The highest BCUT2D eigenvalue weighted by Gasteiger charge is 2.10. The molecule has 74 valence electrons. The average Bonchev–Trinajstić information content (AvgIpc) is 2.63. The number of benzene rings is 2. The lowest BCUT2D eigenvalue weighted by atomic mass is 10.1. The SMILES string of the molecule is Nc1ccc2c(oc3ccccc32)c1I. The maximum absolute atomic E-state index is 5.84. The molecule has 0 fully saturated rings. The molecule has 0 aliphatic rings. The van der Waals surface area contributed by atoms with Crippen molar-refractivity contribution < 1.29 is 4.42 Å². The summed E-state index contributed by atoms with van der Waals surface area (Å²) in [4.78, 5) is 0. The molecule has 0 amide bonds. The van der Waals surface area contributed by atoms with E-state index >= 15 is 0 Å². The topological polar surface area (TPSA) is 39.2 Å². The molecule has 1 heterocycles. The Balaban J connectivity index is 2.60. The Morgan fingerprint density at radius 1 is 1.00 bits per heavy atom. The van der Waals surface area contributed by atoms with Crippen LogP contribution in [0.3, 0.4) is 0 Å². The minimum absolute atomic E-state index is 0.766. The third-order valence-electron chi connectivity index (χ3n) is 2.52. The molecule has 1 aromatic heterocycles. The van der Waals surface area contributed by atoms with Gasteiger partial charge in [0.15, 0.2) is 5.58 Å². The van der Waals surface area contributed by atoms with Gasteiger partial charge >= 0.3 is 0 Å². The van der Waals surface area contributed by atoms with E-state index in [1.54, 1.807) is 0 Å². The van der Waals surface area contributed by atoms with Gasteiger partial charge in [-0.05, 0) is 40.8 Å². The molecule has 0 unspecified atom stereocenters. The number of hydrogen-bond donors (Lipinski definition) is 1. The number of fused-ring (bicyclic) bond motifs is 3. The van der Waals surface area contributed by atoms with Crippen LogP contribution in [0.25, 0.3) is 21.9 Å². The van der Waals surface area contributed by atoms with E-state index in [9.17, 15) is 0 Å². The summed E-state index contributed by atoms with van der Waals surface area (Å²) in [5.41, 5.74) is 8.41. The molecule has 0 aliphatic heterocycles. The van der Waals surface area contributed by atoms with Gasteiger partial charge < -0.3 is 10.2 Å². The first-order chi connectivity index (χ1) is 7.27. The van der Waals surface area contributed by atoms with Gasteiger partial charge in [-0.25, -0.2) is 0 Å². The molecule has 0 spiro atoms. The van der Waals surface area contributed by atoms with Gasteiger partial charge in [0.05, 0.1) is 3.57 Å². The zero-order valence-electron chi connectivity index (χ0n) is 7.83. The first-order valence-corrected chi connectivity index (χ1v) is 5.70. The average molecular weight is 309 g/mol. The summed E-state index contributed by atoms with van der Waals surface area (Å²) < 4.78 is 6.76. The van der Waals surface area contributed by atoms with Crippen LogP contribution in [0.15, 0.2) is 40.8 Å². The highest BCUT2D eigenvalue weighted by molar-refractivity contribution is 14.1. The number of hydrogen-bond acceptors (Lipinski definition) is 2. The lowest BCUT2D eigenvalue weighted by Gasteiger charge is -1.96. The zero-order valence-corrected chi connectivity index (χ0v) is 9.99. The van der Waals surface area contributed by atoms with Crippen molar-refractivity contribution in [3.8, 4) is 0 Å². The van der Waals surface area contributed by atoms with Crippen LogP contribution in [0.4, 0.5) is 5.69 Å². The molecule has 0 bridgehead atoms. The maximum Gasteiger partial charge on any atom is 0.150 e. The van der Waals surface area contributed by atoms with Gasteiger partial charge in [0.2, 0.25) is 0 Å². The summed E-state index contributed by atoms with van der Waals surface area (Å²) in [6.45, 7) is 0. The predicted octanol–water partition coefficient (Wildman–Crippen LogP) is 3.77. The molecular weight excluding hydrogens is 301 g/mol. The molecule has 0 atom stereocenters. The molecule has 0 radical (unpaired) electrons. The van der Waals surface area contributed by atoms with Crippen LogP contribution in [-0.4, -0.2) is 0 Å². The van der Waals surface area contributed by atoms with Gasteiger partial charge in [0.1, 0.15) is 5.58 Å². The summed E-state index contributed by atoms with van der Waals surface area (Å²) in [6, 6.07) is 12.0. The second-order valence-corrected chi connectivity index (χ2v) is 4.52. The minimum atomic E-state index is 0.766. The van der Waals surface area contributed by atoms with Gasteiger partial charge in [-0.1, -0.05) is 18.2 Å². The van der Waals surface area contributed by atoms with E-state index in [-0.39, 0.29) is 0 Å². The lowest BCUT2D eigenvalue weighted by Crippen LogP contribution is -1.87. The number of nitrogen functional groups attached to an aromatic ring is 1. The number of anilines is 1. The van der Waals surface area contributed by atoms with Gasteiger partial charge in [-0.2, -0.15) is 0 Å². The first kappa shape index (κ1) is 9.03. The minimum Gasteiger partial charge on any atom is -0.455 e. The summed E-state index contributed by atoms with van der Waals surface area (Å²) in [7, 11) is 0. The summed E-state index contributed by atoms with van der Waals surface area (Å²) >= 11 is 2.22. The molecule has 3 rings (SSSR count). The second-order valence-electron chi connectivity index (χ2n) is 3.44. The lowest BCUT2D eigenvalue weighted by molar-refractivity contribution is 0.667. The van der Waals surface area contributed by atoms with Crippen molar-refractivity contribution in [2.24, 2.45) is 0 Å². The fourth-order valence-electron chi connectivity index (χ4n) is 1.77. The van der Waals surface area contributed by atoms with Crippen LogP contribution in [-0.2, 0) is 0 Å². The van der Waals surface area contributed by atoms with E-state index in [2.05, 4.69) is 28.7 Å². The van der Waals surface area contributed by atoms with Gasteiger partial charge in [0, 0.05) is 16.5 Å². The normalized spacial score (nSPS) is 11.3. The van der Waals surface area contributed by atoms with Crippen molar-refractivity contribution >= 4 is 50.2 Å². The smallest absolute Gasteiger partial charge is 0.150 e. The van der Waals surface area contributed by atoms with E-state index in [0.29, 0.717) is 0 Å². The van der Waals surface area contributed by atoms with Crippen LogP contribution >= 0.6 is 22.6 Å². The van der Waals surface area contributed by atoms with Crippen molar-refractivity contribution in [3.63, 3.8) is 0 Å². The quantitative estimate of drug-likeness (QED) is 0.507. The molecule has 15 heavy (non-hydrogen) atoms. The van der Waals surface area contributed by atoms with Crippen molar-refractivity contribution in [2.75, 3.05) is 5.73 Å². The molecule has 0 aliphatic carbocycles. The van der Waals surface area contributed by atoms with E-state index in [0.717, 1.165) is 31.2 Å². The fraction of sp³-hybridized carbons (Fsp3) is 0. The van der Waals surface area contributed by atoms with Crippen molar-refractivity contribution in [1.82, 2.24) is 0 Å². The number of rotatable bonds is 0. The number of para-hydroxylation sites is 1. The van der Waals surface area contributed by atoms with E-state index < -0.39 is 0 Å². The van der Waals surface area contributed by atoms with Crippen molar-refractivity contribution in [3.05, 3.63) is 40.0 Å².